The molecule has 2 heteroatoms. The topological polar surface area (TPSA) is 3.24 Å². The fraction of sp³-hybridized carbons (Fsp3) is 0.562. The minimum absolute atomic E-state index is 0. The normalized spacial score (nSPS) is 15.7. The maximum absolute atomic E-state index is 2.56. The predicted molar refractivity (Wildman–Crippen MR) is 76.1 cm³/mol. The summed E-state index contributed by atoms with van der Waals surface area (Å²) < 4.78 is 0. The molecule has 1 fully saturated rings. The Balaban J connectivity index is 0.000000917. The smallest absolute Gasteiger partial charge is 0.00379 e. The van der Waals surface area contributed by atoms with Crippen molar-refractivity contribution in [1.82, 2.24) is 4.90 Å². The van der Waals surface area contributed by atoms with Gasteiger partial charge in [-0.3, -0.25) is 0 Å². The van der Waals surface area contributed by atoms with Crippen LogP contribution in [-0.4, -0.2) is 24.0 Å². The van der Waals surface area contributed by atoms with Crippen molar-refractivity contribution in [3.8, 4) is 0 Å². The van der Waals surface area contributed by atoms with Crippen LogP contribution in [0.3, 0.4) is 0 Å². The van der Waals surface area contributed by atoms with Gasteiger partial charge in [-0.15, -0.1) is 12.1 Å². The fourth-order valence-electron chi connectivity index (χ4n) is 2.27. The SMILES string of the molecule is CC.CC(C)N1CC[C-](c2ccccc2)CC1.[W]. The molecule has 0 aliphatic carbocycles. The fourth-order valence-corrected chi connectivity index (χ4v) is 2.27. The van der Waals surface area contributed by atoms with Crippen LogP contribution in [0.2, 0.25) is 0 Å². The van der Waals surface area contributed by atoms with Crippen LogP contribution in [0, 0.1) is 5.92 Å². The molecule has 2 rings (SSSR count). The third kappa shape index (κ3) is 5.16. The molecule has 0 aromatic heterocycles. The Morgan fingerprint density at radius 1 is 1.00 bits per heavy atom. The van der Waals surface area contributed by atoms with Gasteiger partial charge < -0.3 is 4.90 Å². The van der Waals surface area contributed by atoms with Gasteiger partial charge in [-0.1, -0.05) is 32.8 Å². The predicted octanol–water partition coefficient (Wildman–Crippen LogP) is 4.14. The summed E-state index contributed by atoms with van der Waals surface area (Å²) in [7, 11) is 0. The maximum atomic E-state index is 2.56. The van der Waals surface area contributed by atoms with Gasteiger partial charge in [0.25, 0.3) is 0 Å². The number of hydrogen-bond donors (Lipinski definition) is 0. The second kappa shape index (κ2) is 9.64. The summed E-state index contributed by atoms with van der Waals surface area (Å²) in [6.07, 6.45) is 2.48. The number of likely N-dealkylation sites (tertiary alicyclic amines) is 1. The zero-order chi connectivity index (χ0) is 12.7. The number of hydrogen-bond acceptors (Lipinski definition) is 1. The summed E-state index contributed by atoms with van der Waals surface area (Å²) in [5, 5.41) is 0. The van der Waals surface area contributed by atoms with E-state index in [9.17, 15) is 0 Å². The van der Waals surface area contributed by atoms with Gasteiger partial charge >= 0.3 is 0 Å². The molecule has 1 aromatic rings. The van der Waals surface area contributed by atoms with E-state index < -0.39 is 0 Å². The van der Waals surface area contributed by atoms with Gasteiger partial charge in [0.2, 0.25) is 0 Å². The van der Waals surface area contributed by atoms with Gasteiger partial charge in [0.15, 0.2) is 0 Å². The molecule has 0 amide bonds. The van der Waals surface area contributed by atoms with Gasteiger partial charge in [0.05, 0.1) is 0 Å². The molecule has 0 spiro atoms. The minimum Gasteiger partial charge on any atom is -0.302 e. The van der Waals surface area contributed by atoms with E-state index in [0.717, 1.165) is 0 Å². The van der Waals surface area contributed by atoms with Crippen molar-refractivity contribution < 1.29 is 21.1 Å². The molecule has 0 unspecified atom stereocenters. The summed E-state index contributed by atoms with van der Waals surface area (Å²) in [4.78, 5) is 2.56. The van der Waals surface area contributed by atoms with E-state index in [1.807, 2.05) is 13.8 Å². The minimum atomic E-state index is 0. The van der Waals surface area contributed by atoms with Gasteiger partial charge in [-0.05, 0) is 26.9 Å². The average molecular weight is 416 g/mol. The molecule has 0 bridgehead atoms. The standard InChI is InChI=1S/C14H20N.C2H6.W/c1-12(2)15-10-8-14(9-11-15)13-6-4-3-5-7-13;1-2;/h3-7,12H,8-11H2,1-2H3;1-2H3;/q-1;;. The second-order valence-corrected chi connectivity index (χ2v) is 4.60. The Hall–Kier alpha value is -0.262. The number of piperidine rings is 1. The molecule has 0 radical (unpaired) electrons. The monoisotopic (exact) mass is 416 g/mol. The first-order valence-corrected chi connectivity index (χ1v) is 6.91. The van der Waals surface area contributed by atoms with E-state index in [-0.39, 0.29) is 21.1 Å². The van der Waals surface area contributed by atoms with E-state index in [2.05, 4.69) is 49.1 Å². The van der Waals surface area contributed by atoms with E-state index in [1.165, 1.54) is 31.5 Å². The van der Waals surface area contributed by atoms with Crippen molar-refractivity contribution in [1.29, 1.82) is 0 Å². The molecular weight excluding hydrogens is 390 g/mol. The van der Waals surface area contributed by atoms with E-state index in [0.29, 0.717) is 6.04 Å². The van der Waals surface area contributed by atoms with Crippen LogP contribution in [0.15, 0.2) is 30.3 Å². The molecule has 1 heterocycles. The molecule has 1 aliphatic heterocycles. The maximum Gasteiger partial charge on any atom is 0.00379 e. The number of benzene rings is 1. The second-order valence-electron chi connectivity index (χ2n) is 4.60. The molecule has 0 atom stereocenters. The van der Waals surface area contributed by atoms with Gasteiger partial charge in [0, 0.05) is 27.1 Å². The molecule has 1 aromatic carbocycles. The number of rotatable bonds is 2. The van der Waals surface area contributed by atoms with Crippen LogP contribution in [0.25, 0.3) is 0 Å². The molecule has 102 valence electrons. The van der Waals surface area contributed by atoms with Crippen LogP contribution in [-0.2, 0) is 21.1 Å². The van der Waals surface area contributed by atoms with Crippen molar-refractivity contribution in [2.24, 2.45) is 0 Å². The van der Waals surface area contributed by atoms with Gasteiger partial charge in [-0.25, -0.2) is 0 Å². The van der Waals surface area contributed by atoms with Crippen molar-refractivity contribution in [2.75, 3.05) is 13.1 Å². The van der Waals surface area contributed by atoms with Gasteiger partial charge in [0.1, 0.15) is 0 Å². The zero-order valence-electron chi connectivity index (χ0n) is 12.1. The number of nitrogens with zero attached hydrogens (tertiary/aromatic N) is 1. The van der Waals surface area contributed by atoms with Crippen molar-refractivity contribution in [3.05, 3.63) is 41.8 Å². The molecule has 0 N–H and O–H groups in total. The largest absolute Gasteiger partial charge is 0.302 e. The van der Waals surface area contributed by atoms with Crippen molar-refractivity contribution in [2.45, 2.75) is 46.6 Å². The Kier molecular flexibility index (Phi) is 9.50. The van der Waals surface area contributed by atoms with E-state index in [4.69, 9.17) is 0 Å². The Morgan fingerprint density at radius 3 is 1.94 bits per heavy atom. The van der Waals surface area contributed by atoms with E-state index >= 15 is 0 Å². The first-order valence-electron chi connectivity index (χ1n) is 6.91. The van der Waals surface area contributed by atoms with E-state index in [1.54, 1.807) is 5.92 Å². The Morgan fingerprint density at radius 2 is 1.50 bits per heavy atom. The first kappa shape index (κ1) is 17.7. The summed E-state index contributed by atoms with van der Waals surface area (Å²) in [5.41, 5.74) is 1.45. The summed E-state index contributed by atoms with van der Waals surface area (Å²) in [6, 6.07) is 11.5. The Bertz CT molecular complexity index is 289. The molecule has 1 nitrogen and oxygen atoms in total. The van der Waals surface area contributed by atoms with Crippen LogP contribution < -0.4 is 0 Å². The summed E-state index contributed by atoms with van der Waals surface area (Å²) in [5.74, 6) is 1.63. The molecule has 18 heavy (non-hydrogen) atoms. The van der Waals surface area contributed by atoms with Crippen LogP contribution in [0.4, 0.5) is 0 Å². The zero-order valence-corrected chi connectivity index (χ0v) is 15.1. The quantitative estimate of drug-likeness (QED) is 0.656. The van der Waals surface area contributed by atoms with Crippen molar-refractivity contribution >= 4 is 0 Å². The third-order valence-corrected chi connectivity index (χ3v) is 3.31. The van der Waals surface area contributed by atoms with Gasteiger partial charge in [-0.2, -0.15) is 23.6 Å². The first-order chi connectivity index (χ1) is 8.27. The third-order valence-electron chi connectivity index (χ3n) is 3.31. The molecule has 1 saturated heterocycles. The Labute approximate surface area is 127 Å². The van der Waals surface area contributed by atoms with Crippen LogP contribution >= 0.6 is 0 Å². The molecule has 1 aliphatic rings. The molecular formula is C16H26NW-. The van der Waals surface area contributed by atoms with Crippen LogP contribution in [0.5, 0.6) is 0 Å². The summed E-state index contributed by atoms with van der Waals surface area (Å²) in [6.45, 7) is 11.0. The average Bonchev–Trinajstić information content (AvgIpc) is 2.42. The summed E-state index contributed by atoms with van der Waals surface area (Å²) >= 11 is 0. The van der Waals surface area contributed by atoms with Crippen molar-refractivity contribution in [3.63, 3.8) is 0 Å². The molecule has 0 saturated carbocycles. The van der Waals surface area contributed by atoms with Crippen LogP contribution in [0.1, 0.15) is 46.1 Å².